The molecule has 1 aromatic rings. The van der Waals surface area contributed by atoms with E-state index in [1.807, 2.05) is 20.8 Å². The topological polar surface area (TPSA) is 66.5 Å². The molecule has 1 atom stereocenters. The zero-order valence-corrected chi connectivity index (χ0v) is 10.4. The first-order chi connectivity index (χ1) is 7.50. The van der Waals surface area contributed by atoms with Gasteiger partial charge in [0, 0.05) is 0 Å². The zero-order chi connectivity index (χ0) is 12.2. The first-order valence-electron chi connectivity index (χ1n) is 5.55. The van der Waals surface area contributed by atoms with Gasteiger partial charge in [0.1, 0.15) is 17.2 Å². The van der Waals surface area contributed by atoms with Gasteiger partial charge in [-0.15, -0.1) is 0 Å². The maximum atomic E-state index is 9.20. The van der Waals surface area contributed by atoms with Crippen LogP contribution in [0.5, 0.6) is 0 Å². The molecule has 0 aromatic carbocycles. The Balaban J connectivity index is 2.77. The second kappa shape index (κ2) is 5.08. The van der Waals surface area contributed by atoms with Gasteiger partial charge < -0.3 is 0 Å². The van der Waals surface area contributed by atoms with E-state index in [4.69, 9.17) is 0 Å². The molecule has 5 nitrogen and oxygen atoms in total. The normalized spacial score (nSPS) is 14.4. The van der Waals surface area contributed by atoms with Gasteiger partial charge in [0.2, 0.25) is 0 Å². The van der Waals surface area contributed by atoms with Crippen molar-refractivity contribution in [2.24, 2.45) is 0 Å². The fourth-order valence-electron chi connectivity index (χ4n) is 1.54. The third-order valence-electron chi connectivity index (χ3n) is 2.44. The van der Waals surface area contributed by atoms with Crippen LogP contribution in [0.15, 0.2) is 0 Å². The van der Waals surface area contributed by atoms with Gasteiger partial charge in [-0.2, -0.15) is 10.4 Å². The van der Waals surface area contributed by atoms with Gasteiger partial charge in [0.25, 0.3) is 0 Å². The summed E-state index contributed by atoms with van der Waals surface area (Å²) in [5, 5.41) is 16.7. The van der Waals surface area contributed by atoms with E-state index < -0.39 is 5.54 Å². The molecule has 1 N–H and O–H groups in total. The average Bonchev–Trinajstić information content (AvgIpc) is 2.54. The maximum Gasteiger partial charge on any atom is 0.147 e. The molecule has 0 fully saturated rings. The molecular formula is C11H19N5. The summed E-state index contributed by atoms with van der Waals surface area (Å²) in [4.78, 5) is 4.22. The van der Waals surface area contributed by atoms with Crippen molar-refractivity contribution in [3.8, 4) is 6.07 Å². The Morgan fingerprint density at radius 2 is 2.19 bits per heavy atom. The second-order valence-corrected chi connectivity index (χ2v) is 4.23. The van der Waals surface area contributed by atoms with Crippen LogP contribution in [0.3, 0.4) is 0 Å². The molecular weight excluding hydrogens is 202 g/mol. The fraction of sp³-hybridized carbons (Fsp3) is 0.727. The summed E-state index contributed by atoms with van der Waals surface area (Å²) >= 11 is 0. The lowest BCUT2D eigenvalue weighted by Crippen LogP contribution is -2.45. The van der Waals surface area contributed by atoms with E-state index in [9.17, 15) is 5.26 Å². The quantitative estimate of drug-likeness (QED) is 0.810. The van der Waals surface area contributed by atoms with Crippen molar-refractivity contribution < 1.29 is 0 Å². The lowest BCUT2D eigenvalue weighted by molar-refractivity contribution is 0.366. The molecule has 0 spiro atoms. The summed E-state index contributed by atoms with van der Waals surface area (Å²) in [6.07, 6.45) is 1.01. The van der Waals surface area contributed by atoms with E-state index >= 15 is 0 Å². The lowest BCUT2D eigenvalue weighted by atomic mass is 10.1. The molecule has 0 amide bonds. The number of rotatable bonds is 5. The van der Waals surface area contributed by atoms with Crippen molar-refractivity contribution in [3.63, 3.8) is 0 Å². The molecule has 0 aliphatic rings. The number of nitrogens with zero attached hydrogens (tertiary/aromatic N) is 4. The van der Waals surface area contributed by atoms with Gasteiger partial charge in [-0.3, -0.25) is 5.32 Å². The Bertz CT molecular complexity index is 390. The van der Waals surface area contributed by atoms with E-state index in [2.05, 4.69) is 28.4 Å². The highest BCUT2D eigenvalue weighted by molar-refractivity contribution is 5.04. The Labute approximate surface area is 96.5 Å². The van der Waals surface area contributed by atoms with Gasteiger partial charge in [-0.1, -0.05) is 6.92 Å². The third kappa shape index (κ3) is 3.04. The molecule has 1 heterocycles. The summed E-state index contributed by atoms with van der Waals surface area (Å²) in [6, 6.07) is 2.30. The van der Waals surface area contributed by atoms with Crippen molar-refractivity contribution >= 4 is 0 Å². The first-order valence-corrected chi connectivity index (χ1v) is 5.55. The minimum Gasteiger partial charge on any atom is -0.298 e. The number of nitriles is 1. The Morgan fingerprint density at radius 3 is 2.62 bits per heavy atom. The van der Waals surface area contributed by atoms with Crippen LogP contribution in [-0.4, -0.2) is 26.8 Å². The van der Waals surface area contributed by atoms with Gasteiger partial charge in [0.15, 0.2) is 0 Å². The molecule has 0 saturated heterocycles. The average molecular weight is 221 g/mol. The van der Waals surface area contributed by atoms with Crippen molar-refractivity contribution in [2.45, 2.75) is 46.2 Å². The van der Waals surface area contributed by atoms with Crippen LogP contribution in [0.25, 0.3) is 0 Å². The van der Waals surface area contributed by atoms with Crippen molar-refractivity contribution in [1.29, 1.82) is 5.26 Å². The van der Waals surface area contributed by atoms with Crippen LogP contribution in [0, 0.1) is 25.2 Å². The largest absolute Gasteiger partial charge is 0.298 e. The van der Waals surface area contributed by atoms with E-state index in [1.165, 1.54) is 0 Å². The van der Waals surface area contributed by atoms with E-state index in [-0.39, 0.29) is 0 Å². The molecule has 0 aliphatic heterocycles. The van der Waals surface area contributed by atoms with Gasteiger partial charge >= 0.3 is 0 Å². The van der Waals surface area contributed by atoms with Gasteiger partial charge in [-0.25, -0.2) is 9.67 Å². The van der Waals surface area contributed by atoms with Crippen LogP contribution in [0.4, 0.5) is 0 Å². The highest BCUT2D eigenvalue weighted by Crippen LogP contribution is 2.08. The highest BCUT2D eigenvalue weighted by Gasteiger charge is 2.24. The first kappa shape index (κ1) is 12.7. The maximum absolute atomic E-state index is 9.20. The molecule has 88 valence electrons. The molecule has 5 heteroatoms. The Hall–Kier alpha value is -1.41. The molecule has 1 unspecified atom stereocenters. The molecule has 0 radical (unpaired) electrons. The third-order valence-corrected chi connectivity index (χ3v) is 2.44. The standard InChI is InChI=1S/C11H19N5/c1-5-6-13-11(4,7-12)8-16-10(3)14-9(2)15-16/h13H,5-6,8H2,1-4H3. The molecule has 0 aliphatic carbocycles. The van der Waals surface area contributed by atoms with Crippen molar-refractivity contribution in [3.05, 3.63) is 11.6 Å². The molecule has 0 saturated carbocycles. The van der Waals surface area contributed by atoms with Crippen molar-refractivity contribution in [2.75, 3.05) is 6.54 Å². The Kier molecular flexibility index (Phi) is 4.02. The zero-order valence-electron chi connectivity index (χ0n) is 10.4. The number of hydrogen-bond donors (Lipinski definition) is 1. The van der Waals surface area contributed by atoms with Crippen molar-refractivity contribution in [1.82, 2.24) is 20.1 Å². The van der Waals surface area contributed by atoms with Gasteiger partial charge in [-0.05, 0) is 33.7 Å². The number of aryl methyl sites for hydroxylation is 2. The predicted octanol–water partition coefficient (Wildman–Crippen LogP) is 1.18. The minimum absolute atomic E-state index is 0.524. The van der Waals surface area contributed by atoms with Gasteiger partial charge in [0.05, 0.1) is 12.6 Å². The molecule has 16 heavy (non-hydrogen) atoms. The Morgan fingerprint density at radius 1 is 1.50 bits per heavy atom. The number of aromatic nitrogens is 3. The van der Waals surface area contributed by atoms with Crippen LogP contribution >= 0.6 is 0 Å². The van der Waals surface area contributed by atoms with E-state index in [0.29, 0.717) is 6.54 Å². The monoisotopic (exact) mass is 221 g/mol. The van der Waals surface area contributed by atoms with Crippen LogP contribution in [-0.2, 0) is 6.54 Å². The number of nitrogens with one attached hydrogen (secondary N) is 1. The highest BCUT2D eigenvalue weighted by atomic mass is 15.4. The molecule has 1 rings (SSSR count). The van der Waals surface area contributed by atoms with E-state index in [1.54, 1.807) is 4.68 Å². The van der Waals surface area contributed by atoms with Crippen LogP contribution in [0.1, 0.15) is 31.9 Å². The second-order valence-electron chi connectivity index (χ2n) is 4.23. The molecule has 0 bridgehead atoms. The van der Waals surface area contributed by atoms with E-state index in [0.717, 1.165) is 24.6 Å². The van der Waals surface area contributed by atoms with Crippen LogP contribution in [0.2, 0.25) is 0 Å². The fourth-order valence-corrected chi connectivity index (χ4v) is 1.54. The smallest absolute Gasteiger partial charge is 0.147 e. The number of hydrogen-bond acceptors (Lipinski definition) is 4. The summed E-state index contributed by atoms with van der Waals surface area (Å²) < 4.78 is 1.78. The summed E-state index contributed by atoms with van der Waals surface area (Å²) in [7, 11) is 0. The summed E-state index contributed by atoms with van der Waals surface area (Å²) in [5.41, 5.74) is -0.582. The molecule has 1 aromatic heterocycles. The minimum atomic E-state index is -0.582. The lowest BCUT2D eigenvalue weighted by Gasteiger charge is -2.23. The summed E-state index contributed by atoms with van der Waals surface area (Å²) in [6.45, 7) is 9.08. The van der Waals surface area contributed by atoms with Crippen LogP contribution < -0.4 is 5.32 Å². The summed E-state index contributed by atoms with van der Waals surface area (Å²) in [5.74, 6) is 1.59. The SMILES string of the molecule is CCCNC(C)(C#N)Cn1nc(C)nc1C. The predicted molar refractivity (Wildman–Crippen MR) is 61.8 cm³/mol.